The standard InChI is InChI=1S/C30H54NO6P/c1-6-7-8-9-10-11-12-13-14-15-16-19-28-20-17-21-29(24-28)35-25-30(37-27(2)32)26-36-38(33,34)23-18-22-31(3,4)5/h17,20-21,24,30H,6-16,18-19,22-23,25-26H2,1-5H3/p+1. The molecule has 0 amide bonds. The lowest BCUT2D eigenvalue weighted by Crippen LogP contribution is -2.35. The molecule has 2 unspecified atom stereocenters. The third-order valence-electron chi connectivity index (χ3n) is 6.47. The molecular weight excluding hydrogens is 501 g/mol. The van der Waals surface area contributed by atoms with Crippen molar-refractivity contribution in [3.63, 3.8) is 0 Å². The van der Waals surface area contributed by atoms with Crippen molar-refractivity contribution in [3.8, 4) is 5.75 Å². The Hall–Kier alpha value is -1.40. The predicted molar refractivity (Wildman–Crippen MR) is 156 cm³/mol. The van der Waals surface area contributed by atoms with E-state index >= 15 is 0 Å². The number of carbonyl (C=O) groups is 1. The van der Waals surface area contributed by atoms with Gasteiger partial charge in [0.25, 0.3) is 0 Å². The Morgan fingerprint density at radius 1 is 0.921 bits per heavy atom. The van der Waals surface area contributed by atoms with Gasteiger partial charge >= 0.3 is 13.6 Å². The summed E-state index contributed by atoms with van der Waals surface area (Å²) in [4.78, 5) is 21.7. The monoisotopic (exact) mass is 556 g/mol. The van der Waals surface area contributed by atoms with Gasteiger partial charge in [-0.1, -0.05) is 83.3 Å². The maximum atomic E-state index is 12.4. The Morgan fingerprint density at radius 2 is 1.53 bits per heavy atom. The van der Waals surface area contributed by atoms with Gasteiger partial charge < -0.3 is 23.4 Å². The van der Waals surface area contributed by atoms with Crippen LogP contribution in [0.4, 0.5) is 0 Å². The third-order valence-corrected chi connectivity index (χ3v) is 7.90. The Bertz CT molecular complexity index is 810. The highest BCUT2D eigenvalue weighted by Crippen LogP contribution is 2.42. The maximum Gasteiger partial charge on any atom is 0.328 e. The van der Waals surface area contributed by atoms with Gasteiger partial charge in [-0.25, -0.2) is 0 Å². The van der Waals surface area contributed by atoms with E-state index in [-0.39, 0.29) is 19.4 Å². The third kappa shape index (κ3) is 19.6. The number of hydrogen-bond donors (Lipinski definition) is 1. The van der Waals surface area contributed by atoms with Crippen LogP contribution in [0.3, 0.4) is 0 Å². The molecule has 0 aliphatic rings. The summed E-state index contributed by atoms with van der Waals surface area (Å²) in [5, 5.41) is 0. The van der Waals surface area contributed by atoms with Crippen molar-refractivity contribution in [1.82, 2.24) is 0 Å². The zero-order chi connectivity index (χ0) is 28.3. The van der Waals surface area contributed by atoms with E-state index in [1.165, 1.54) is 76.7 Å². The molecule has 0 radical (unpaired) electrons. The van der Waals surface area contributed by atoms with Crippen molar-refractivity contribution < 1.29 is 32.7 Å². The molecule has 0 aliphatic carbocycles. The fraction of sp³-hybridized carbons (Fsp3) is 0.767. The van der Waals surface area contributed by atoms with Crippen LogP contribution in [0.5, 0.6) is 5.75 Å². The highest BCUT2D eigenvalue weighted by atomic mass is 31.2. The predicted octanol–water partition coefficient (Wildman–Crippen LogP) is 7.15. The van der Waals surface area contributed by atoms with Gasteiger partial charge in [-0.15, -0.1) is 0 Å². The van der Waals surface area contributed by atoms with Crippen LogP contribution >= 0.6 is 7.60 Å². The van der Waals surface area contributed by atoms with E-state index in [0.29, 0.717) is 16.7 Å². The van der Waals surface area contributed by atoms with Crippen LogP contribution in [-0.2, 0) is 25.0 Å². The SMILES string of the molecule is CCCCCCCCCCCCCc1cccc(OCC(COP(=O)(O)CCC[N+](C)(C)C)OC(C)=O)c1. The van der Waals surface area contributed by atoms with Gasteiger partial charge in [-0.2, -0.15) is 0 Å². The summed E-state index contributed by atoms with van der Waals surface area (Å²) in [5.41, 5.74) is 1.22. The lowest BCUT2D eigenvalue weighted by Gasteiger charge is -2.24. The summed E-state index contributed by atoms with van der Waals surface area (Å²) in [6, 6.07) is 7.96. The quantitative estimate of drug-likeness (QED) is 0.0667. The smallest absolute Gasteiger partial charge is 0.328 e. The summed E-state index contributed by atoms with van der Waals surface area (Å²) in [6.45, 7) is 4.20. The van der Waals surface area contributed by atoms with Gasteiger partial charge in [0.15, 0.2) is 6.10 Å². The second kappa shape index (κ2) is 19.6. The van der Waals surface area contributed by atoms with E-state index in [0.717, 1.165) is 19.4 Å². The zero-order valence-corrected chi connectivity index (χ0v) is 25.7. The number of hydrogen-bond acceptors (Lipinski definition) is 5. The van der Waals surface area contributed by atoms with Crippen molar-refractivity contribution in [2.24, 2.45) is 0 Å². The topological polar surface area (TPSA) is 82.1 Å². The lowest BCUT2D eigenvalue weighted by atomic mass is 10.0. The first kappa shape index (κ1) is 34.6. The summed E-state index contributed by atoms with van der Waals surface area (Å²) in [6.07, 6.45) is 15.5. The lowest BCUT2D eigenvalue weighted by molar-refractivity contribution is -0.870. The van der Waals surface area contributed by atoms with E-state index in [4.69, 9.17) is 14.0 Å². The van der Waals surface area contributed by atoms with E-state index in [1.54, 1.807) is 0 Å². The maximum absolute atomic E-state index is 12.4. The van der Waals surface area contributed by atoms with Crippen molar-refractivity contribution in [2.75, 3.05) is 47.1 Å². The molecule has 0 aromatic heterocycles. The molecule has 7 nitrogen and oxygen atoms in total. The van der Waals surface area contributed by atoms with E-state index in [1.807, 2.05) is 39.3 Å². The highest BCUT2D eigenvalue weighted by Gasteiger charge is 2.24. The molecular formula is C30H55NO6P+. The number of benzene rings is 1. The molecule has 0 fully saturated rings. The minimum Gasteiger partial charge on any atom is -0.490 e. The number of rotatable bonds is 23. The molecule has 38 heavy (non-hydrogen) atoms. The second-order valence-corrected chi connectivity index (χ2v) is 13.5. The zero-order valence-electron chi connectivity index (χ0n) is 24.8. The fourth-order valence-electron chi connectivity index (χ4n) is 4.33. The molecule has 8 heteroatoms. The van der Waals surface area contributed by atoms with E-state index in [9.17, 15) is 14.3 Å². The summed E-state index contributed by atoms with van der Waals surface area (Å²) in [7, 11) is 2.33. The van der Waals surface area contributed by atoms with Crippen molar-refractivity contribution in [2.45, 2.75) is 103 Å². The minimum absolute atomic E-state index is 0.0559. The van der Waals surface area contributed by atoms with Crippen LogP contribution in [0.1, 0.15) is 96.5 Å². The number of unbranched alkanes of at least 4 members (excludes halogenated alkanes) is 10. The molecule has 1 rings (SSSR count). The fourth-order valence-corrected chi connectivity index (χ4v) is 5.40. The molecule has 1 N–H and O–H groups in total. The number of carbonyl (C=O) groups excluding carboxylic acids is 1. The molecule has 1 aromatic carbocycles. The van der Waals surface area contributed by atoms with Crippen molar-refractivity contribution in [1.29, 1.82) is 0 Å². The van der Waals surface area contributed by atoms with Gasteiger partial charge in [0.1, 0.15) is 12.4 Å². The molecule has 0 spiro atoms. The van der Waals surface area contributed by atoms with Crippen molar-refractivity contribution in [3.05, 3.63) is 29.8 Å². The Balaban J connectivity index is 2.36. The van der Waals surface area contributed by atoms with Crippen molar-refractivity contribution >= 4 is 13.6 Å². The van der Waals surface area contributed by atoms with Gasteiger partial charge in [0.05, 0.1) is 40.5 Å². The highest BCUT2D eigenvalue weighted by molar-refractivity contribution is 7.52. The molecule has 0 saturated carbocycles. The van der Waals surface area contributed by atoms with Crippen LogP contribution in [-0.4, -0.2) is 68.5 Å². The van der Waals surface area contributed by atoms with Crippen LogP contribution in [0, 0.1) is 0 Å². The van der Waals surface area contributed by atoms with Crippen LogP contribution < -0.4 is 4.74 Å². The number of aryl methyl sites for hydroxylation is 1. The minimum atomic E-state index is -3.77. The number of esters is 1. The van der Waals surface area contributed by atoms with Crippen LogP contribution in [0.15, 0.2) is 24.3 Å². The molecule has 0 heterocycles. The Labute approximate surface area is 232 Å². The molecule has 0 saturated heterocycles. The first-order chi connectivity index (χ1) is 18.0. The summed E-state index contributed by atoms with van der Waals surface area (Å²) < 4.78 is 29.6. The normalized spacial score (nSPS) is 14.2. The Morgan fingerprint density at radius 3 is 2.11 bits per heavy atom. The first-order valence-corrected chi connectivity index (χ1v) is 16.4. The molecule has 0 aliphatic heterocycles. The second-order valence-electron chi connectivity index (χ2n) is 11.5. The molecule has 2 atom stereocenters. The van der Waals surface area contributed by atoms with Gasteiger partial charge in [-0.05, 0) is 30.5 Å². The molecule has 1 aromatic rings. The number of ether oxygens (including phenoxy) is 2. The van der Waals surface area contributed by atoms with Gasteiger partial charge in [0.2, 0.25) is 0 Å². The first-order valence-electron chi connectivity index (χ1n) is 14.7. The van der Waals surface area contributed by atoms with Crippen LogP contribution in [0.2, 0.25) is 0 Å². The van der Waals surface area contributed by atoms with E-state index < -0.39 is 19.7 Å². The average molecular weight is 557 g/mol. The Kier molecular flexibility index (Phi) is 17.9. The largest absolute Gasteiger partial charge is 0.490 e. The number of nitrogens with zero attached hydrogens (tertiary/aromatic N) is 1. The number of quaternary nitrogens is 1. The van der Waals surface area contributed by atoms with Gasteiger partial charge in [0, 0.05) is 13.3 Å². The molecule has 0 bridgehead atoms. The summed E-state index contributed by atoms with van der Waals surface area (Å²) in [5.74, 6) is 0.211. The summed E-state index contributed by atoms with van der Waals surface area (Å²) >= 11 is 0. The molecule has 220 valence electrons. The van der Waals surface area contributed by atoms with E-state index in [2.05, 4.69) is 13.0 Å². The van der Waals surface area contributed by atoms with Crippen LogP contribution in [0.25, 0.3) is 0 Å². The average Bonchev–Trinajstić information content (AvgIpc) is 2.83. The van der Waals surface area contributed by atoms with Gasteiger partial charge in [-0.3, -0.25) is 9.36 Å².